The van der Waals surface area contributed by atoms with Gasteiger partial charge in [0.05, 0.1) is 0 Å². The molecule has 1 saturated heterocycles. The smallest absolute Gasteiger partial charge is 0.244 e. The van der Waals surface area contributed by atoms with Crippen LogP contribution in [0.4, 0.5) is 11.4 Å². The first-order valence-electron chi connectivity index (χ1n) is 6.99. The molecule has 0 spiro atoms. The molecule has 0 aliphatic carbocycles. The zero-order chi connectivity index (χ0) is 14.5. The van der Waals surface area contributed by atoms with Crippen LogP contribution in [-0.4, -0.2) is 35.8 Å². The number of rotatable bonds is 4. The summed E-state index contributed by atoms with van der Waals surface area (Å²) in [6, 6.07) is 7.12. The minimum atomic E-state index is -0.236. The summed E-state index contributed by atoms with van der Waals surface area (Å²) in [5.41, 5.74) is 1.63. The van der Waals surface area contributed by atoms with E-state index in [0.717, 1.165) is 37.3 Å². The Morgan fingerprint density at radius 1 is 1.10 bits per heavy atom. The molecular formula is C15H21N3O2. The van der Waals surface area contributed by atoms with E-state index in [2.05, 4.69) is 10.6 Å². The van der Waals surface area contributed by atoms with Crippen molar-refractivity contribution in [2.45, 2.75) is 32.7 Å². The summed E-state index contributed by atoms with van der Waals surface area (Å²) in [7, 11) is 0. The van der Waals surface area contributed by atoms with Crippen LogP contribution in [0.1, 0.15) is 26.7 Å². The normalized spacial score (nSPS) is 15.8. The molecule has 1 atom stereocenters. The molecule has 1 fully saturated rings. The van der Waals surface area contributed by atoms with Gasteiger partial charge in [0.1, 0.15) is 6.04 Å². The number of hydrogen-bond acceptors (Lipinski definition) is 3. The fraction of sp³-hybridized carbons (Fsp3) is 0.467. The van der Waals surface area contributed by atoms with Gasteiger partial charge in [0.2, 0.25) is 11.8 Å². The van der Waals surface area contributed by atoms with Crippen molar-refractivity contribution in [1.29, 1.82) is 0 Å². The van der Waals surface area contributed by atoms with Gasteiger partial charge in [0.25, 0.3) is 0 Å². The largest absolute Gasteiger partial charge is 0.374 e. The predicted octanol–water partition coefficient (Wildman–Crippen LogP) is 2.07. The van der Waals surface area contributed by atoms with E-state index in [4.69, 9.17) is 0 Å². The van der Waals surface area contributed by atoms with Crippen LogP contribution < -0.4 is 10.6 Å². The number of likely N-dealkylation sites (tertiary alicyclic amines) is 1. The zero-order valence-corrected chi connectivity index (χ0v) is 12.0. The van der Waals surface area contributed by atoms with Crippen LogP contribution in [0, 0.1) is 0 Å². The van der Waals surface area contributed by atoms with Gasteiger partial charge in [-0.25, -0.2) is 0 Å². The van der Waals surface area contributed by atoms with Crippen molar-refractivity contribution in [3.8, 4) is 0 Å². The molecule has 1 heterocycles. The van der Waals surface area contributed by atoms with Crippen molar-refractivity contribution >= 4 is 23.2 Å². The van der Waals surface area contributed by atoms with E-state index in [1.165, 1.54) is 6.92 Å². The molecule has 2 amide bonds. The fourth-order valence-electron chi connectivity index (χ4n) is 2.38. The maximum absolute atomic E-state index is 12.2. The average Bonchev–Trinajstić information content (AvgIpc) is 2.93. The lowest BCUT2D eigenvalue weighted by Crippen LogP contribution is -2.39. The Balaban J connectivity index is 1.91. The van der Waals surface area contributed by atoms with Crippen molar-refractivity contribution in [2.24, 2.45) is 0 Å². The second-order valence-electron chi connectivity index (χ2n) is 5.16. The van der Waals surface area contributed by atoms with E-state index in [0.29, 0.717) is 0 Å². The third kappa shape index (κ3) is 3.73. The van der Waals surface area contributed by atoms with Gasteiger partial charge in [0.15, 0.2) is 0 Å². The molecule has 0 bridgehead atoms. The summed E-state index contributed by atoms with van der Waals surface area (Å²) in [5, 5.41) is 5.91. The number of hydrogen-bond donors (Lipinski definition) is 2. The number of amides is 2. The molecule has 20 heavy (non-hydrogen) atoms. The lowest BCUT2D eigenvalue weighted by molar-refractivity contribution is -0.130. The Morgan fingerprint density at radius 2 is 1.65 bits per heavy atom. The van der Waals surface area contributed by atoms with Crippen LogP contribution >= 0.6 is 0 Å². The molecule has 1 aliphatic rings. The van der Waals surface area contributed by atoms with Crippen molar-refractivity contribution < 1.29 is 9.59 Å². The lowest BCUT2D eigenvalue weighted by Gasteiger charge is -2.22. The Bertz CT molecular complexity index is 478. The number of anilines is 2. The van der Waals surface area contributed by atoms with Gasteiger partial charge in [-0.05, 0) is 44.0 Å². The van der Waals surface area contributed by atoms with Crippen molar-refractivity contribution in [3.63, 3.8) is 0 Å². The molecule has 0 aromatic heterocycles. The van der Waals surface area contributed by atoms with Crippen LogP contribution in [0.25, 0.3) is 0 Å². The second kappa shape index (κ2) is 6.41. The van der Waals surface area contributed by atoms with Crippen LogP contribution in [0.3, 0.4) is 0 Å². The maximum Gasteiger partial charge on any atom is 0.244 e. The standard InChI is InChI=1S/C15H21N3O2/c1-11(15(20)18-9-3-4-10-18)16-13-5-7-14(8-6-13)17-12(2)19/h5-8,11,16H,3-4,9-10H2,1-2H3,(H,17,19)/t11-/m1/s1. The van der Waals surface area contributed by atoms with Gasteiger partial charge in [-0.1, -0.05) is 0 Å². The van der Waals surface area contributed by atoms with Gasteiger partial charge in [-0.15, -0.1) is 0 Å². The van der Waals surface area contributed by atoms with Crippen molar-refractivity contribution in [2.75, 3.05) is 23.7 Å². The summed E-state index contributed by atoms with van der Waals surface area (Å²) < 4.78 is 0. The molecular weight excluding hydrogens is 254 g/mol. The third-order valence-corrected chi connectivity index (χ3v) is 3.38. The number of benzene rings is 1. The Labute approximate surface area is 119 Å². The SMILES string of the molecule is CC(=O)Nc1ccc(N[C@H](C)C(=O)N2CCCC2)cc1. The van der Waals surface area contributed by atoms with Gasteiger partial charge in [-0.3, -0.25) is 9.59 Å². The van der Waals surface area contributed by atoms with E-state index < -0.39 is 0 Å². The predicted molar refractivity (Wildman–Crippen MR) is 79.6 cm³/mol. The number of nitrogens with zero attached hydrogens (tertiary/aromatic N) is 1. The summed E-state index contributed by atoms with van der Waals surface area (Å²) >= 11 is 0. The fourth-order valence-corrected chi connectivity index (χ4v) is 2.38. The summed E-state index contributed by atoms with van der Waals surface area (Å²) in [6.45, 7) is 5.09. The van der Waals surface area contributed by atoms with E-state index in [1.807, 2.05) is 36.1 Å². The molecule has 2 N–H and O–H groups in total. The minimum absolute atomic E-state index is 0.0942. The third-order valence-electron chi connectivity index (χ3n) is 3.38. The quantitative estimate of drug-likeness (QED) is 0.884. The van der Waals surface area contributed by atoms with Gasteiger partial charge in [-0.2, -0.15) is 0 Å². The minimum Gasteiger partial charge on any atom is -0.374 e. The number of carbonyl (C=O) groups excluding carboxylic acids is 2. The molecule has 2 rings (SSSR count). The number of carbonyl (C=O) groups is 2. The van der Waals surface area contributed by atoms with Crippen molar-refractivity contribution in [3.05, 3.63) is 24.3 Å². The monoisotopic (exact) mass is 275 g/mol. The highest BCUT2D eigenvalue weighted by Gasteiger charge is 2.22. The van der Waals surface area contributed by atoms with Crippen molar-refractivity contribution in [1.82, 2.24) is 4.90 Å². The average molecular weight is 275 g/mol. The molecule has 5 nitrogen and oxygen atoms in total. The van der Waals surface area contributed by atoms with Gasteiger partial charge in [0, 0.05) is 31.4 Å². The Hall–Kier alpha value is -2.04. The molecule has 0 saturated carbocycles. The van der Waals surface area contributed by atoms with E-state index in [1.54, 1.807) is 0 Å². The van der Waals surface area contributed by atoms with Crippen LogP contribution in [0.15, 0.2) is 24.3 Å². The van der Waals surface area contributed by atoms with Crippen LogP contribution in [-0.2, 0) is 9.59 Å². The van der Waals surface area contributed by atoms with Gasteiger partial charge < -0.3 is 15.5 Å². The molecule has 1 aromatic carbocycles. The van der Waals surface area contributed by atoms with E-state index in [9.17, 15) is 9.59 Å². The van der Waals surface area contributed by atoms with E-state index in [-0.39, 0.29) is 17.9 Å². The Morgan fingerprint density at radius 3 is 2.20 bits per heavy atom. The Kier molecular flexibility index (Phi) is 4.61. The second-order valence-corrected chi connectivity index (χ2v) is 5.16. The van der Waals surface area contributed by atoms with Crippen LogP contribution in [0.2, 0.25) is 0 Å². The zero-order valence-electron chi connectivity index (χ0n) is 12.0. The van der Waals surface area contributed by atoms with Crippen LogP contribution in [0.5, 0.6) is 0 Å². The summed E-state index contributed by atoms with van der Waals surface area (Å²) in [5.74, 6) is 0.0525. The molecule has 0 radical (unpaired) electrons. The summed E-state index contributed by atoms with van der Waals surface area (Å²) in [4.78, 5) is 25.0. The first kappa shape index (κ1) is 14.4. The molecule has 0 unspecified atom stereocenters. The molecule has 1 aliphatic heterocycles. The van der Waals surface area contributed by atoms with Gasteiger partial charge >= 0.3 is 0 Å². The number of nitrogens with one attached hydrogen (secondary N) is 2. The maximum atomic E-state index is 12.2. The lowest BCUT2D eigenvalue weighted by atomic mass is 10.2. The highest BCUT2D eigenvalue weighted by Crippen LogP contribution is 2.16. The summed E-state index contributed by atoms with van der Waals surface area (Å²) in [6.07, 6.45) is 2.20. The van der Waals surface area contributed by atoms with E-state index >= 15 is 0 Å². The first-order chi connectivity index (χ1) is 9.56. The highest BCUT2D eigenvalue weighted by atomic mass is 16.2. The highest BCUT2D eigenvalue weighted by molar-refractivity contribution is 5.89. The molecule has 1 aromatic rings. The molecule has 5 heteroatoms. The molecule has 108 valence electrons. The topological polar surface area (TPSA) is 61.4 Å². The first-order valence-corrected chi connectivity index (χ1v) is 6.99.